The van der Waals surface area contributed by atoms with Crippen LogP contribution in [0.15, 0.2) is 42.5 Å². The molecule has 2 rings (SSSR count). The van der Waals surface area contributed by atoms with Gasteiger partial charge in [0, 0.05) is 11.6 Å². The van der Waals surface area contributed by atoms with Gasteiger partial charge in [-0.2, -0.15) is 5.26 Å². The normalized spacial score (nSPS) is 11.7. The fourth-order valence-electron chi connectivity index (χ4n) is 2.12. The van der Waals surface area contributed by atoms with Crippen LogP contribution in [0.2, 0.25) is 0 Å². The lowest BCUT2D eigenvalue weighted by atomic mass is 10.1. The molecule has 3 nitrogen and oxygen atoms in total. The predicted molar refractivity (Wildman–Crippen MR) is 84.1 cm³/mol. The molecule has 2 aromatic carbocycles. The van der Waals surface area contributed by atoms with Crippen molar-refractivity contribution in [2.75, 3.05) is 7.05 Å². The number of benzene rings is 2. The van der Waals surface area contributed by atoms with Crippen LogP contribution in [0.5, 0.6) is 5.75 Å². The van der Waals surface area contributed by atoms with E-state index in [1.807, 2.05) is 31.3 Å². The number of nitrogens with one attached hydrogen (secondary N) is 1. The molecule has 0 aliphatic carbocycles. The molecule has 0 fully saturated rings. The summed E-state index contributed by atoms with van der Waals surface area (Å²) in [5.41, 5.74) is 4.05. The molecule has 0 aliphatic heterocycles. The second-order valence-corrected chi connectivity index (χ2v) is 5.15. The molecular formula is C18H20N2O. The van der Waals surface area contributed by atoms with Crippen molar-refractivity contribution in [1.29, 1.82) is 5.26 Å². The highest BCUT2D eigenvalue weighted by molar-refractivity contribution is 5.39. The van der Waals surface area contributed by atoms with Crippen LogP contribution in [0.4, 0.5) is 0 Å². The topological polar surface area (TPSA) is 45.0 Å². The minimum Gasteiger partial charge on any atom is -0.489 e. The third-order valence-corrected chi connectivity index (χ3v) is 3.55. The van der Waals surface area contributed by atoms with Crippen LogP contribution in [0.1, 0.15) is 35.2 Å². The summed E-state index contributed by atoms with van der Waals surface area (Å²) in [6, 6.07) is 16.1. The zero-order valence-corrected chi connectivity index (χ0v) is 12.7. The van der Waals surface area contributed by atoms with Gasteiger partial charge in [-0.15, -0.1) is 0 Å². The van der Waals surface area contributed by atoms with Crippen LogP contribution < -0.4 is 10.1 Å². The third kappa shape index (κ3) is 3.84. The average Bonchev–Trinajstić information content (AvgIpc) is 2.52. The maximum atomic E-state index is 8.80. The Morgan fingerprint density at radius 2 is 1.90 bits per heavy atom. The molecule has 1 atom stereocenters. The highest BCUT2D eigenvalue weighted by Gasteiger charge is 2.10. The van der Waals surface area contributed by atoms with Gasteiger partial charge in [-0.05, 0) is 50.2 Å². The Kier molecular flexibility index (Phi) is 4.97. The molecule has 0 saturated carbocycles. The minimum atomic E-state index is 0.238. The van der Waals surface area contributed by atoms with Gasteiger partial charge < -0.3 is 10.1 Å². The second-order valence-electron chi connectivity index (χ2n) is 5.15. The van der Waals surface area contributed by atoms with Crippen molar-refractivity contribution in [3.05, 3.63) is 64.7 Å². The van der Waals surface area contributed by atoms with Gasteiger partial charge in [-0.25, -0.2) is 0 Å². The summed E-state index contributed by atoms with van der Waals surface area (Å²) >= 11 is 0. The van der Waals surface area contributed by atoms with Crippen LogP contribution in [0, 0.1) is 18.3 Å². The summed E-state index contributed by atoms with van der Waals surface area (Å²) in [6.07, 6.45) is 0. The highest BCUT2D eigenvalue weighted by Crippen LogP contribution is 2.27. The number of rotatable bonds is 5. The van der Waals surface area contributed by atoms with Crippen LogP contribution in [0.25, 0.3) is 0 Å². The molecule has 0 aromatic heterocycles. The van der Waals surface area contributed by atoms with Crippen LogP contribution >= 0.6 is 0 Å². The largest absolute Gasteiger partial charge is 0.489 e. The van der Waals surface area contributed by atoms with Gasteiger partial charge >= 0.3 is 0 Å². The number of hydrogen-bond donors (Lipinski definition) is 1. The fraction of sp³-hybridized carbons (Fsp3) is 0.278. The smallest absolute Gasteiger partial charge is 0.124 e. The van der Waals surface area contributed by atoms with Gasteiger partial charge in [0.1, 0.15) is 12.4 Å². The van der Waals surface area contributed by atoms with Crippen LogP contribution in [0.3, 0.4) is 0 Å². The number of nitriles is 1. The Balaban J connectivity index is 2.15. The molecule has 21 heavy (non-hydrogen) atoms. The number of ether oxygens (including phenoxy) is 1. The van der Waals surface area contributed by atoms with E-state index in [9.17, 15) is 0 Å². The first-order chi connectivity index (χ1) is 10.1. The average molecular weight is 280 g/mol. The third-order valence-electron chi connectivity index (χ3n) is 3.55. The highest BCUT2D eigenvalue weighted by atomic mass is 16.5. The van der Waals surface area contributed by atoms with Crippen molar-refractivity contribution in [2.24, 2.45) is 0 Å². The predicted octanol–water partition coefficient (Wildman–Crippen LogP) is 3.73. The van der Waals surface area contributed by atoms with E-state index in [0.29, 0.717) is 12.2 Å². The van der Waals surface area contributed by atoms with E-state index < -0.39 is 0 Å². The van der Waals surface area contributed by atoms with E-state index >= 15 is 0 Å². The monoisotopic (exact) mass is 280 g/mol. The number of nitrogens with zero attached hydrogens (tertiary/aromatic N) is 1. The molecule has 0 amide bonds. The fourth-order valence-corrected chi connectivity index (χ4v) is 2.12. The summed E-state index contributed by atoms with van der Waals surface area (Å²) in [5, 5.41) is 12.0. The SMILES string of the molecule is CNC(C)c1ccc(C)cc1OCc1ccc(C#N)cc1. The Bertz CT molecular complexity index is 641. The van der Waals surface area contributed by atoms with Gasteiger partial charge in [-0.1, -0.05) is 24.3 Å². The molecule has 2 aromatic rings. The van der Waals surface area contributed by atoms with Gasteiger partial charge in [0.2, 0.25) is 0 Å². The summed E-state index contributed by atoms with van der Waals surface area (Å²) in [5.74, 6) is 0.904. The summed E-state index contributed by atoms with van der Waals surface area (Å²) < 4.78 is 5.98. The molecule has 0 bridgehead atoms. The lowest BCUT2D eigenvalue weighted by Gasteiger charge is -2.17. The molecule has 108 valence electrons. The van der Waals surface area contributed by atoms with Gasteiger partial charge in [-0.3, -0.25) is 0 Å². The maximum absolute atomic E-state index is 8.80. The van der Waals surface area contributed by atoms with Gasteiger partial charge in [0.05, 0.1) is 11.6 Å². The lowest BCUT2D eigenvalue weighted by Crippen LogP contribution is -2.14. The first-order valence-corrected chi connectivity index (χ1v) is 7.03. The van der Waals surface area contributed by atoms with E-state index in [1.54, 1.807) is 0 Å². The van der Waals surface area contributed by atoms with Crippen molar-refractivity contribution in [2.45, 2.75) is 26.5 Å². The molecule has 0 radical (unpaired) electrons. The first kappa shape index (κ1) is 15.1. The van der Waals surface area contributed by atoms with E-state index in [1.165, 1.54) is 5.56 Å². The Hall–Kier alpha value is -2.31. The van der Waals surface area contributed by atoms with Crippen LogP contribution in [-0.4, -0.2) is 7.05 Å². The zero-order chi connectivity index (χ0) is 15.2. The molecule has 0 spiro atoms. The van der Waals surface area contributed by atoms with E-state index in [-0.39, 0.29) is 6.04 Å². The summed E-state index contributed by atoms with van der Waals surface area (Å²) in [4.78, 5) is 0. The molecular weight excluding hydrogens is 260 g/mol. The minimum absolute atomic E-state index is 0.238. The van der Waals surface area contributed by atoms with Crippen molar-refractivity contribution in [3.63, 3.8) is 0 Å². The van der Waals surface area contributed by atoms with E-state index in [4.69, 9.17) is 10.00 Å². The Morgan fingerprint density at radius 1 is 1.19 bits per heavy atom. The molecule has 0 aliphatic rings. The quantitative estimate of drug-likeness (QED) is 0.907. The van der Waals surface area contributed by atoms with Crippen LogP contribution in [-0.2, 0) is 6.61 Å². The standard InChI is InChI=1S/C18H20N2O/c1-13-4-9-17(14(2)20-3)18(10-13)21-12-16-7-5-15(11-19)6-8-16/h4-10,14,20H,12H2,1-3H3. The summed E-state index contributed by atoms with van der Waals surface area (Å²) in [7, 11) is 1.94. The van der Waals surface area contributed by atoms with Gasteiger partial charge in [0.15, 0.2) is 0 Å². The first-order valence-electron chi connectivity index (χ1n) is 7.03. The van der Waals surface area contributed by atoms with E-state index in [0.717, 1.165) is 16.9 Å². The van der Waals surface area contributed by atoms with Crippen molar-refractivity contribution in [3.8, 4) is 11.8 Å². The number of hydrogen-bond acceptors (Lipinski definition) is 3. The maximum Gasteiger partial charge on any atom is 0.124 e. The molecule has 0 saturated heterocycles. The summed E-state index contributed by atoms with van der Waals surface area (Å²) in [6.45, 7) is 4.67. The Labute approximate surface area is 126 Å². The van der Waals surface area contributed by atoms with E-state index in [2.05, 4.69) is 43.4 Å². The van der Waals surface area contributed by atoms with Crippen molar-refractivity contribution >= 4 is 0 Å². The number of aryl methyl sites for hydroxylation is 1. The van der Waals surface area contributed by atoms with Crippen molar-refractivity contribution < 1.29 is 4.74 Å². The molecule has 0 heterocycles. The molecule has 3 heteroatoms. The van der Waals surface area contributed by atoms with Gasteiger partial charge in [0.25, 0.3) is 0 Å². The van der Waals surface area contributed by atoms with Crippen molar-refractivity contribution in [1.82, 2.24) is 5.32 Å². The lowest BCUT2D eigenvalue weighted by molar-refractivity contribution is 0.300. The zero-order valence-electron chi connectivity index (χ0n) is 12.7. The molecule has 1 unspecified atom stereocenters. The second kappa shape index (κ2) is 6.92. The molecule has 1 N–H and O–H groups in total. The Morgan fingerprint density at radius 3 is 2.52 bits per heavy atom.